The molecule has 1 aliphatic heterocycles. The summed E-state index contributed by atoms with van der Waals surface area (Å²) >= 11 is 0. The fourth-order valence-electron chi connectivity index (χ4n) is 1.48. The monoisotopic (exact) mass is 143 g/mol. The SMILES string of the molecule is [B]c1ccc2c(c1)NCCC2. The van der Waals surface area contributed by atoms with Crippen molar-refractivity contribution in [3.8, 4) is 0 Å². The predicted octanol–water partition coefficient (Wildman–Crippen LogP) is 0.839. The van der Waals surface area contributed by atoms with Crippen LogP contribution in [-0.4, -0.2) is 14.4 Å². The lowest BCUT2D eigenvalue weighted by Crippen LogP contribution is -2.14. The Labute approximate surface area is 68.2 Å². The molecule has 2 heteroatoms. The normalized spacial score (nSPS) is 15.3. The van der Waals surface area contributed by atoms with Gasteiger partial charge in [0.2, 0.25) is 0 Å². The average molecular weight is 143 g/mol. The van der Waals surface area contributed by atoms with Gasteiger partial charge in [0.15, 0.2) is 0 Å². The van der Waals surface area contributed by atoms with Gasteiger partial charge in [0.05, 0.1) is 0 Å². The number of hydrogen-bond donors (Lipinski definition) is 1. The molecule has 0 aliphatic carbocycles. The second-order valence-corrected chi connectivity index (χ2v) is 2.95. The van der Waals surface area contributed by atoms with Crippen LogP contribution in [0.25, 0.3) is 0 Å². The van der Waals surface area contributed by atoms with Crippen LogP contribution in [0.2, 0.25) is 0 Å². The molecule has 1 nitrogen and oxygen atoms in total. The number of fused-ring (bicyclic) bond motifs is 1. The van der Waals surface area contributed by atoms with Crippen molar-refractivity contribution in [2.75, 3.05) is 11.9 Å². The molecule has 11 heavy (non-hydrogen) atoms. The van der Waals surface area contributed by atoms with Gasteiger partial charge in [0.25, 0.3) is 0 Å². The van der Waals surface area contributed by atoms with E-state index in [1.807, 2.05) is 12.1 Å². The Bertz CT molecular complexity index is 270. The first-order chi connectivity index (χ1) is 5.36. The van der Waals surface area contributed by atoms with Gasteiger partial charge in [-0.1, -0.05) is 17.6 Å². The van der Waals surface area contributed by atoms with Crippen LogP contribution in [-0.2, 0) is 6.42 Å². The minimum atomic E-state index is 0.846. The number of anilines is 1. The number of nitrogens with one attached hydrogen (secondary N) is 1. The van der Waals surface area contributed by atoms with Crippen LogP contribution in [0.15, 0.2) is 18.2 Å². The summed E-state index contributed by atoms with van der Waals surface area (Å²) in [4.78, 5) is 0. The van der Waals surface area contributed by atoms with Crippen molar-refractivity contribution in [1.82, 2.24) is 0 Å². The Morgan fingerprint density at radius 3 is 3.18 bits per heavy atom. The molecule has 0 atom stereocenters. The first kappa shape index (κ1) is 6.77. The van der Waals surface area contributed by atoms with Gasteiger partial charge in [-0.2, -0.15) is 0 Å². The Balaban J connectivity index is 2.43. The molecule has 0 amide bonds. The molecule has 0 saturated heterocycles. The summed E-state index contributed by atoms with van der Waals surface area (Å²) in [7, 11) is 5.64. The van der Waals surface area contributed by atoms with Gasteiger partial charge >= 0.3 is 0 Å². The summed E-state index contributed by atoms with van der Waals surface area (Å²) in [5, 5.41) is 3.32. The summed E-state index contributed by atoms with van der Waals surface area (Å²) < 4.78 is 0. The Morgan fingerprint density at radius 1 is 1.36 bits per heavy atom. The summed E-state index contributed by atoms with van der Waals surface area (Å²) in [6, 6.07) is 6.08. The van der Waals surface area contributed by atoms with Gasteiger partial charge in [-0.05, 0) is 24.5 Å². The van der Waals surface area contributed by atoms with E-state index in [0.29, 0.717) is 0 Å². The van der Waals surface area contributed by atoms with Gasteiger partial charge < -0.3 is 5.32 Å². The van der Waals surface area contributed by atoms with E-state index in [1.54, 1.807) is 0 Å². The molecule has 2 rings (SSSR count). The second-order valence-electron chi connectivity index (χ2n) is 2.95. The molecule has 0 unspecified atom stereocenters. The van der Waals surface area contributed by atoms with Crippen molar-refractivity contribution in [3.05, 3.63) is 23.8 Å². The molecule has 2 radical (unpaired) electrons. The minimum absolute atomic E-state index is 0.846. The van der Waals surface area contributed by atoms with Crippen molar-refractivity contribution < 1.29 is 0 Å². The lowest BCUT2D eigenvalue weighted by Gasteiger charge is -2.17. The molecular formula is C9H10BN. The van der Waals surface area contributed by atoms with E-state index >= 15 is 0 Å². The van der Waals surface area contributed by atoms with Gasteiger partial charge in [-0.25, -0.2) is 0 Å². The number of hydrogen-bond acceptors (Lipinski definition) is 1. The van der Waals surface area contributed by atoms with Crippen LogP contribution in [0.5, 0.6) is 0 Å². The smallest absolute Gasteiger partial charge is 0.113 e. The highest BCUT2D eigenvalue weighted by atomic mass is 14.9. The average Bonchev–Trinajstić information content (AvgIpc) is 2.04. The molecule has 1 aromatic rings. The zero-order valence-corrected chi connectivity index (χ0v) is 6.43. The summed E-state index contributed by atoms with van der Waals surface area (Å²) in [6.07, 6.45) is 2.42. The van der Waals surface area contributed by atoms with E-state index in [-0.39, 0.29) is 0 Å². The third-order valence-electron chi connectivity index (χ3n) is 2.07. The molecule has 1 heterocycles. The molecular weight excluding hydrogens is 133 g/mol. The highest BCUT2D eigenvalue weighted by Crippen LogP contribution is 2.19. The topological polar surface area (TPSA) is 12.0 Å². The lowest BCUT2D eigenvalue weighted by atomic mass is 9.92. The van der Waals surface area contributed by atoms with Crippen LogP contribution in [0.4, 0.5) is 5.69 Å². The van der Waals surface area contributed by atoms with Gasteiger partial charge in [0, 0.05) is 12.2 Å². The number of rotatable bonds is 0. The van der Waals surface area contributed by atoms with E-state index in [1.165, 1.54) is 24.1 Å². The zero-order valence-electron chi connectivity index (χ0n) is 6.43. The summed E-state index contributed by atoms with van der Waals surface area (Å²) in [5.41, 5.74) is 3.46. The highest BCUT2D eigenvalue weighted by molar-refractivity contribution is 6.32. The highest BCUT2D eigenvalue weighted by Gasteiger charge is 2.06. The van der Waals surface area contributed by atoms with Crippen LogP contribution in [0, 0.1) is 0 Å². The molecule has 1 aliphatic rings. The van der Waals surface area contributed by atoms with Crippen molar-refractivity contribution in [1.29, 1.82) is 0 Å². The predicted molar refractivity (Wildman–Crippen MR) is 48.6 cm³/mol. The van der Waals surface area contributed by atoms with Gasteiger partial charge in [-0.3, -0.25) is 0 Å². The second kappa shape index (κ2) is 2.61. The van der Waals surface area contributed by atoms with E-state index in [0.717, 1.165) is 12.0 Å². The first-order valence-corrected chi connectivity index (χ1v) is 3.98. The van der Waals surface area contributed by atoms with Gasteiger partial charge in [0.1, 0.15) is 7.85 Å². The fraction of sp³-hybridized carbons (Fsp3) is 0.333. The third-order valence-corrected chi connectivity index (χ3v) is 2.07. The van der Waals surface area contributed by atoms with Crippen molar-refractivity contribution >= 4 is 19.0 Å². The van der Waals surface area contributed by atoms with E-state index in [2.05, 4.69) is 11.4 Å². The maximum Gasteiger partial charge on any atom is 0.113 e. The molecule has 1 aromatic carbocycles. The standard InChI is InChI=1S/C9H10BN/c10-8-4-3-7-2-1-5-11-9(7)6-8/h3-4,6,11H,1-2,5H2. The zero-order chi connectivity index (χ0) is 7.68. The van der Waals surface area contributed by atoms with Crippen LogP contribution in [0.3, 0.4) is 0 Å². The molecule has 0 aromatic heterocycles. The minimum Gasteiger partial charge on any atom is -0.385 e. The van der Waals surface area contributed by atoms with Gasteiger partial charge in [-0.15, -0.1) is 0 Å². The molecule has 54 valence electrons. The van der Waals surface area contributed by atoms with E-state index in [9.17, 15) is 0 Å². The molecule has 1 N–H and O–H groups in total. The Hall–Kier alpha value is -0.915. The van der Waals surface area contributed by atoms with Crippen LogP contribution >= 0.6 is 0 Å². The Kier molecular flexibility index (Phi) is 1.61. The molecule has 0 fully saturated rings. The maximum atomic E-state index is 5.64. The van der Waals surface area contributed by atoms with Crippen LogP contribution in [0.1, 0.15) is 12.0 Å². The first-order valence-electron chi connectivity index (χ1n) is 3.98. The van der Waals surface area contributed by atoms with E-state index in [4.69, 9.17) is 7.85 Å². The molecule has 0 saturated carbocycles. The summed E-state index contributed by atoms with van der Waals surface area (Å²) in [6.45, 7) is 1.08. The molecule has 0 spiro atoms. The number of aryl methyl sites for hydroxylation is 1. The Morgan fingerprint density at radius 2 is 2.27 bits per heavy atom. The van der Waals surface area contributed by atoms with Crippen molar-refractivity contribution in [2.24, 2.45) is 0 Å². The quantitative estimate of drug-likeness (QED) is 0.530. The van der Waals surface area contributed by atoms with Crippen LogP contribution < -0.4 is 10.8 Å². The van der Waals surface area contributed by atoms with Crippen molar-refractivity contribution in [3.63, 3.8) is 0 Å². The molecule has 0 bridgehead atoms. The number of benzene rings is 1. The van der Waals surface area contributed by atoms with E-state index < -0.39 is 0 Å². The largest absolute Gasteiger partial charge is 0.385 e. The summed E-state index contributed by atoms with van der Waals surface area (Å²) in [5.74, 6) is 0. The van der Waals surface area contributed by atoms with Crippen molar-refractivity contribution in [2.45, 2.75) is 12.8 Å². The lowest BCUT2D eigenvalue weighted by molar-refractivity contribution is 0.831. The third kappa shape index (κ3) is 1.25. The maximum absolute atomic E-state index is 5.64. The fourth-order valence-corrected chi connectivity index (χ4v) is 1.48.